The molecule has 1 aromatic heterocycles. The van der Waals surface area contributed by atoms with E-state index in [9.17, 15) is 14.7 Å². The van der Waals surface area contributed by atoms with Crippen LogP contribution in [0.3, 0.4) is 0 Å². The Morgan fingerprint density at radius 3 is 2.44 bits per heavy atom. The zero-order chi connectivity index (χ0) is 24.1. The maximum Gasteiger partial charge on any atom is 0.345 e. The smallest absolute Gasteiger partial charge is 0.345 e. The highest BCUT2D eigenvalue weighted by Gasteiger charge is 2.22. The number of hydrogen-bond acceptors (Lipinski definition) is 6. The summed E-state index contributed by atoms with van der Waals surface area (Å²) < 4.78 is 5.42. The van der Waals surface area contributed by atoms with Crippen LogP contribution in [0, 0.1) is 6.92 Å². The normalized spacial score (nSPS) is 14.4. The molecule has 0 spiro atoms. The molecule has 2 heterocycles. The molecule has 0 unspecified atom stereocenters. The van der Waals surface area contributed by atoms with Crippen molar-refractivity contribution in [3.05, 3.63) is 70.1 Å². The number of aromatic amines is 1. The quantitative estimate of drug-likeness (QED) is 0.524. The number of carbonyl (C=O) groups is 1. The van der Waals surface area contributed by atoms with Gasteiger partial charge < -0.3 is 19.7 Å². The van der Waals surface area contributed by atoms with Crippen LogP contribution in [-0.4, -0.2) is 76.7 Å². The van der Waals surface area contributed by atoms with Crippen molar-refractivity contribution in [2.75, 3.05) is 45.9 Å². The van der Waals surface area contributed by atoms with Crippen molar-refractivity contribution in [1.29, 1.82) is 0 Å². The highest BCUT2D eigenvalue weighted by molar-refractivity contribution is 5.94. The highest BCUT2D eigenvalue weighted by Crippen LogP contribution is 2.26. The summed E-state index contributed by atoms with van der Waals surface area (Å²) in [5.74, 6) is 0.209. The molecule has 2 aromatic carbocycles. The first kappa shape index (κ1) is 23.7. The summed E-state index contributed by atoms with van der Waals surface area (Å²) in [5.41, 5.74) is 3.53. The van der Waals surface area contributed by atoms with Crippen molar-refractivity contribution in [3.8, 4) is 28.3 Å². The fourth-order valence-electron chi connectivity index (χ4n) is 4.06. The number of piperazine rings is 1. The SMILES string of the molecule is CCOCCN1CCN(C(=O)c2ccc(-c3cc(-c4ccc(O)c(C)c4)nc(=O)[nH]3)cc2)CC1. The van der Waals surface area contributed by atoms with E-state index in [2.05, 4.69) is 14.9 Å². The molecule has 1 saturated heterocycles. The molecule has 178 valence electrons. The van der Waals surface area contributed by atoms with Crippen LogP contribution in [0.5, 0.6) is 5.75 Å². The molecule has 1 aliphatic heterocycles. The van der Waals surface area contributed by atoms with Crippen molar-refractivity contribution in [3.63, 3.8) is 0 Å². The van der Waals surface area contributed by atoms with Crippen molar-refractivity contribution >= 4 is 5.91 Å². The minimum absolute atomic E-state index is 0.0134. The summed E-state index contributed by atoms with van der Waals surface area (Å²) in [6, 6.07) is 14.2. The molecule has 1 fully saturated rings. The first-order valence-electron chi connectivity index (χ1n) is 11.6. The fourth-order valence-corrected chi connectivity index (χ4v) is 4.06. The molecule has 0 saturated carbocycles. The number of H-pyrrole nitrogens is 1. The van der Waals surface area contributed by atoms with Crippen LogP contribution in [-0.2, 0) is 4.74 Å². The predicted octanol–water partition coefficient (Wildman–Crippen LogP) is 2.91. The molecule has 0 aliphatic carbocycles. The van der Waals surface area contributed by atoms with Gasteiger partial charge in [0.25, 0.3) is 5.91 Å². The standard InChI is InChI=1S/C26H30N4O4/c1-3-34-15-14-29-10-12-30(13-11-29)25(32)20-6-4-19(5-7-20)22-17-23(28-26(33)27-22)21-8-9-24(31)18(2)16-21/h4-9,16-17,31H,3,10-15H2,1-2H3,(H,27,28,33). The number of aromatic hydroxyl groups is 1. The molecule has 8 nitrogen and oxygen atoms in total. The summed E-state index contributed by atoms with van der Waals surface area (Å²) >= 11 is 0. The van der Waals surface area contributed by atoms with E-state index in [1.807, 2.05) is 24.0 Å². The van der Waals surface area contributed by atoms with Gasteiger partial charge in [-0.15, -0.1) is 0 Å². The van der Waals surface area contributed by atoms with Crippen LogP contribution >= 0.6 is 0 Å². The Balaban J connectivity index is 1.45. The molecule has 0 bridgehead atoms. The molecule has 2 N–H and O–H groups in total. The van der Waals surface area contributed by atoms with E-state index in [1.54, 1.807) is 43.3 Å². The van der Waals surface area contributed by atoms with Crippen LogP contribution in [0.1, 0.15) is 22.8 Å². The molecule has 34 heavy (non-hydrogen) atoms. The summed E-state index contributed by atoms with van der Waals surface area (Å²) in [5, 5.41) is 9.77. The Morgan fingerprint density at radius 2 is 1.76 bits per heavy atom. The molecule has 3 aromatic rings. The molecule has 0 atom stereocenters. The van der Waals surface area contributed by atoms with Gasteiger partial charge in [0, 0.05) is 50.5 Å². The van der Waals surface area contributed by atoms with E-state index in [4.69, 9.17) is 4.74 Å². The third-order valence-electron chi connectivity index (χ3n) is 6.10. The zero-order valence-electron chi connectivity index (χ0n) is 19.6. The molecule has 8 heteroatoms. The van der Waals surface area contributed by atoms with Crippen molar-refractivity contribution in [1.82, 2.24) is 19.8 Å². The van der Waals surface area contributed by atoms with Gasteiger partial charge in [-0.3, -0.25) is 9.69 Å². The summed E-state index contributed by atoms with van der Waals surface area (Å²) in [6.45, 7) is 9.19. The first-order chi connectivity index (χ1) is 16.4. The maximum atomic E-state index is 13.0. The highest BCUT2D eigenvalue weighted by atomic mass is 16.5. The molecular formula is C26H30N4O4. The number of carbonyl (C=O) groups excluding carboxylic acids is 1. The van der Waals surface area contributed by atoms with Gasteiger partial charge in [0.05, 0.1) is 18.0 Å². The lowest BCUT2D eigenvalue weighted by Crippen LogP contribution is -2.49. The Kier molecular flexibility index (Phi) is 7.40. The van der Waals surface area contributed by atoms with Crippen molar-refractivity contribution < 1.29 is 14.6 Å². The second-order valence-electron chi connectivity index (χ2n) is 8.39. The van der Waals surface area contributed by atoms with Gasteiger partial charge >= 0.3 is 5.69 Å². The van der Waals surface area contributed by atoms with Crippen LogP contribution < -0.4 is 5.69 Å². The van der Waals surface area contributed by atoms with E-state index < -0.39 is 5.69 Å². The van der Waals surface area contributed by atoms with Crippen LogP contribution in [0.15, 0.2) is 53.3 Å². The van der Waals surface area contributed by atoms with Gasteiger partial charge in [0.15, 0.2) is 0 Å². The number of benzene rings is 2. The van der Waals surface area contributed by atoms with E-state index in [-0.39, 0.29) is 11.7 Å². The maximum absolute atomic E-state index is 13.0. The number of aromatic nitrogens is 2. The molecule has 0 radical (unpaired) electrons. The molecule has 4 rings (SSSR count). The van der Waals surface area contributed by atoms with E-state index in [0.717, 1.165) is 44.0 Å². The van der Waals surface area contributed by atoms with Crippen LogP contribution in [0.2, 0.25) is 0 Å². The number of phenols is 1. The van der Waals surface area contributed by atoms with Gasteiger partial charge in [0.1, 0.15) is 5.75 Å². The largest absolute Gasteiger partial charge is 0.508 e. The molecule has 1 amide bonds. The van der Waals surface area contributed by atoms with E-state index in [0.29, 0.717) is 35.6 Å². The van der Waals surface area contributed by atoms with Crippen molar-refractivity contribution in [2.24, 2.45) is 0 Å². The number of aryl methyl sites for hydroxylation is 1. The second kappa shape index (κ2) is 10.6. The second-order valence-corrected chi connectivity index (χ2v) is 8.39. The number of rotatable bonds is 7. The molecular weight excluding hydrogens is 432 g/mol. The minimum Gasteiger partial charge on any atom is -0.508 e. The number of ether oxygens (including phenoxy) is 1. The lowest BCUT2D eigenvalue weighted by atomic mass is 10.0. The minimum atomic E-state index is -0.458. The van der Waals surface area contributed by atoms with E-state index >= 15 is 0 Å². The van der Waals surface area contributed by atoms with E-state index in [1.165, 1.54) is 0 Å². The third-order valence-corrected chi connectivity index (χ3v) is 6.10. The number of phenolic OH excluding ortho intramolecular Hbond substituents is 1. The third kappa shape index (κ3) is 5.52. The Bertz CT molecular complexity index is 1200. The number of hydrogen-bond donors (Lipinski definition) is 2. The fraction of sp³-hybridized carbons (Fsp3) is 0.346. The lowest BCUT2D eigenvalue weighted by molar-refractivity contribution is 0.0565. The van der Waals surface area contributed by atoms with Gasteiger partial charge in [0.2, 0.25) is 0 Å². The Morgan fingerprint density at radius 1 is 1.06 bits per heavy atom. The monoisotopic (exact) mass is 462 g/mol. The van der Waals surface area contributed by atoms with Gasteiger partial charge in [-0.1, -0.05) is 12.1 Å². The van der Waals surface area contributed by atoms with Crippen LogP contribution in [0.25, 0.3) is 22.5 Å². The van der Waals surface area contributed by atoms with Gasteiger partial charge in [-0.25, -0.2) is 4.79 Å². The predicted molar refractivity (Wildman–Crippen MR) is 131 cm³/mol. The molecule has 1 aliphatic rings. The summed E-state index contributed by atoms with van der Waals surface area (Å²) in [6.07, 6.45) is 0. The lowest BCUT2D eigenvalue weighted by Gasteiger charge is -2.34. The zero-order valence-corrected chi connectivity index (χ0v) is 19.6. The Hall–Kier alpha value is -3.49. The number of nitrogens with zero attached hydrogens (tertiary/aromatic N) is 3. The average molecular weight is 463 g/mol. The van der Waals surface area contributed by atoms with Crippen molar-refractivity contribution in [2.45, 2.75) is 13.8 Å². The first-order valence-corrected chi connectivity index (χ1v) is 11.6. The van der Waals surface area contributed by atoms with Gasteiger partial charge in [-0.2, -0.15) is 4.98 Å². The topological polar surface area (TPSA) is 98.8 Å². The van der Waals surface area contributed by atoms with Crippen LogP contribution in [0.4, 0.5) is 0 Å². The average Bonchev–Trinajstić information content (AvgIpc) is 2.85. The number of nitrogens with one attached hydrogen (secondary N) is 1. The van der Waals surface area contributed by atoms with Gasteiger partial charge in [-0.05, 0) is 61.4 Å². The summed E-state index contributed by atoms with van der Waals surface area (Å²) in [7, 11) is 0. The number of amides is 1. The summed E-state index contributed by atoms with van der Waals surface area (Å²) in [4.78, 5) is 36.2. The Labute approximate surface area is 198 Å².